The minimum atomic E-state index is -4.55. The van der Waals surface area contributed by atoms with Crippen molar-refractivity contribution in [2.45, 2.75) is 25.9 Å². The predicted molar refractivity (Wildman–Crippen MR) is 117 cm³/mol. The fraction of sp³-hybridized carbons (Fsp3) is 0.250. The summed E-state index contributed by atoms with van der Waals surface area (Å²) in [5.74, 6) is 0.382. The average molecular weight is 453 g/mol. The van der Waals surface area contributed by atoms with Gasteiger partial charge in [-0.25, -0.2) is 9.98 Å². The first-order valence-corrected chi connectivity index (χ1v) is 10.8. The monoisotopic (exact) mass is 452 g/mol. The zero-order valence-corrected chi connectivity index (χ0v) is 17.7. The number of nitrogens with two attached hydrogens (primary N) is 1. The number of nitrogens with one attached hydrogen (secondary N) is 1. The Kier molecular flexibility index (Phi) is 6.67. The first kappa shape index (κ1) is 22.1. The summed E-state index contributed by atoms with van der Waals surface area (Å²) in [6.07, 6.45) is -1.75. The molecule has 1 aliphatic carbocycles. The van der Waals surface area contributed by atoms with Crippen LogP contribution in [0.5, 0.6) is 0 Å². The molecule has 1 aromatic carbocycles. The molecule has 30 heavy (non-hydrogen) atoms. The number of aliphatic imine (C=N–C) groups is 1. The van der Waals surface area contributed by atoms with Crippen LogP contribution in [-0.4, -0.2) is 21.8 Å². The Labute approximate surface area is 180 Å². The van der Waals surface area contributed by atoms with E-state index in [-0.39, 0.29) is 16.6 Å². The van der Waals surface area contributed by atoms with E-state index < -0.39 is 11.7 Å². The molecule has 1 amide bonds. The number of benzene rings is 1. The van der Waals surface area contributed by atoms with E-state index in [1.54, 1.807) is 6.08 Å². The number of carbonyl (C=O) groups is 1. The number of nitrogens with zero attached hydrogens (tertiary/aromatic N) is 2. The number of aromatic nitrogens is 1. The van der Waals surface area contributed by atoms with Gasteiger partial charge in [0.05, 0.1) is 21.8 Å². The first-order valence-electron chi connectivity index (χ1n) is 9.04. The zero-order valence-electron chi connectivity index (χ0n) is 16.0. The van der Waals surface area contributed by atoms with Gasteiger partial charge in [0.1, 0.15) is 5.84 Å². The lowest BCUT2D eigenvalue weighted by molar-refractivity contribution is -0.137. The third kappa shape index (κ3) is 4.76. The number of alkyl halides is 3. The van der Waals surface area contributed by atoms with E-state index in [2.05, 4.69) is 21.9 Å². The molecule has 0 radical (unpaired) electrons. The van der Waals surface area contributed by atoms with Gasteiger partial charge in [0, 0.05) is 5.56 Å². The van der Waals surface area contributed by atoms with Crippen LogP contribution in [0.25, 0.3) is 5.70 Å². The van der Waals surface area contributed by atoms with Crippen LogP contribution in [-0.2, 0) is 12.6 Å². The van der Waals surface area contributed by atoms with E-state index >= 15 is 0 Å². The van der Waals surface area contributed by atoms with Crippen LogP contribution >= 0.6 is 23.1 Å². The number of carbonyl (C=O) groups excluding carboxylic acids is 1. The topological polar surface area (TPSA) is 80.4 Å². The second kappa shape index (κ2) is 9.05. The third-order valence-electron chi connectivity index (χ3n) is 4.32. The quantitative estimate of drug-likeness (QED) is 0.451. The van der Waals surface area contributed by atoms with E-state index in [1.807, 2.05) is 6.92 Å². The van der Waals surface area contributed by atoms with Crippen LogP contribution in [0, 0.1) is 0 Å². The smallest absolute Gasteiger partial charge is 0.383 e. The predicted octanol–water partition coefficient (Wildman–Crippen LogP) is 5.70. The standard InChI is InChI=1S/C20H19F3N4OS2/c1-3-11-9-10-14-16(30-18(25-14)27-19(28)29-4-2)15(11)26-17(24)12-7-5-6-8-13(12)20(21,22)23/h3,5-8H,1,4,9-10H2,2H3,(H2,24,26)(H,25,27,28). The lowest BCUT2D eigenvalue weighted by atomic mass is 9.98. The summed E-state index contributed by atoms with van der Waals surface area (Å²) in [6, 6.07) is 5.05. The molecule has 5 nitrogen and oxygen atoms in total. The molecule has 0 aliphatic heterocycles. The fourth-order valence-electron chi connectivity index (χ4n) is 2.99. The summed E-state index contributed by atoms with van der Waals surface area (Å²) < 4.78 is 40.1. The van der Waals surface area contributed by atoms with Gasteiger partial charge in [-0.3, -0.25) is 10.1 Å². The summed E-state index contributed by atoms with van der Waals surface area (Å²) in [7, 11) is 0. The van der Waals surface area contributed by atoms with Crippen molar-refractivity contribution >= 4 is 45.0 Å². The number of thioether (sulfide) groups is 1. The van der Waals surface area contributed by atoms with Crippen LogP contribution in [0.15, 0.2) is 47.5 Å². The van der Waals surface area contributed by atoms with Crippen molar-refractivity contribution in [2.75, 3.05) is 11.1 Å². The van der Waals surface area contributed by atoms with E-state index in [9.17, 15) is 18.0 Å². The number of anilines is 1. The molecule has 0 fully saturated rings. The molecule has 0 spiro atoms. The molecule has 0 bridgehead atoms. The van der Waals surface area contributed by atoms with Gasteiger partial charge < -0.3 is 5.73 Å². The Morgan fingerprint density at radius 1 is 1.40 bits per heavy atom. The second-order valence-electron chi connectivity index (χ2n) is 6.26. The van der Waals surface area contributed by atoms with Crippen molar-refractivity contribution in [1.29, 1.82) is 0 Å². The molecular weight excluding hydrogens is 433 g/mol. The summed E-state index contributed by atoms with van der Waals surface area (Å²) in [5.41, 5.74) is 6.89. The van der Waals surface area contributed by atoms with Crippen molar-refractivity contribution in [1.82, 2.24) is 4.98 Å². The Hall–Kier alpha value is -2.59. The summed E-state index contributed by atoms with van der Waals surface area (Å²) in [4.78, 5) is 21.3. The summed E-state index contributed by atoms with van der Waals surface area (Å²) >= 11 is 2.34. The van der Waals surface area contributed by atoms with Crippen LogP contribution < -0.4 is 11.1 Å². The molecular formula is C20H19F3N4OS2. The fourth-order valence-corrected chi connectivity index (χ4v) is 4.51. The minimum absolute atomic E-state index is 0.189. The molecule has 10 heteroatoms. The Balaban J connectivity index is 2.03. The van der Waals surface area contributed by atoms with E-state index in [0.717, 1.165) is 29.1 Å². The van der Waals surface area contributed by atoms with Gasteiger partial charge in [-0.15, -0.1) is 0 Å². The van der Waals surface area contributed by atoms with Gasteiger partial charge >= 0.3 is 6.18 Å². The highest BCUT2D eigenvalue weighted by atomic mass is 32.2. The first-order chi connectivity index (χ1) is 14.2. The number of amidine groups is 1. The number of allylic oxidation sites excluding steroid dienone is 2. The molecule has 0 saturated carbocycles. The second-order valence-corrected chi connectivity index (χ2v) is 8.49. The molecule has 158 valence electrons. The van der Waals surface area contributed by atoms with Crippen LogP contribution in [0.3, 0.4) is 0 Å². The van der Waals surface area contributed by atoms with Crippen LogP contribution in [0.4, 0.5) is 23.1 Å². The number of thiazole rings is 1. The summed E-state index contributed by atoms with van der Waals surface area (Å²) in [5, 5.41) is 2.91. The van der Waals surface area contributed by atoms with Gasteiger partial charge in [0.25, 0.3) is 5.24 Å². The lowest BCUT2D eigenvalue weighted by Gasteiger charge is -2.16. The van der Waals surface area contributed by atoms with Crippen molar-refractivity contribution in [2.24, 2.45) is 10.7 Å². The molecule has 1 aromatic heterocycles. The normalized spacial score (nSPS) is 14.5. The van der Waals surface area contributed by atoms with Crippen molar-refractivity contribution in [3.05, 3.63) is 64.2 Å². The highest BCUT2D eigenvalue weighted by molar-refractivity contribution is 8.13. The number of hydrogen-bond acceptors (Lipinski definition) is 5. The summed E-state index contributed by atoms with van der Waals surface area (Å²) in [6.45, 7) is 5.65. The molecule has 1 heterocycles. The molecule has 0 saturated heterocycles. The van der Waals surface area contributed by atoms with Gasteiger partial charge in [0.15, 0.2) is 5.13 Å². The van der Waals surface area contributed by atoms with Crippen LogP contribution in [0.2, 0.25) is 0 Å². The number of aryl methyl sites for hydroxylation is 1. The lowest BCUT2D eigenvalue weighted by Crippen LogP contribution is -2.20. The van der Waals surface area contributed by atoms with E-state index in [1.165, 1.54) is 29.5 Å². The maximum absolute atomic E-state index is 13.4. The maximum atomic E-state index is 13.4. The third-order valence-corrected chi connectivity index (χ3v) is 5.99. The SMILES string of the molecule is C=CC1=C(/N=C(\N)c2ccccc2C(F)(F)F)c2sc(NC(=O)SCC)nc2CC1. The van der Waals surface area contributed by atoms with Gasteiger partial charge in [0.2, 0.25) is 0 Å². The zero-order chi connectivity index (χ0) is 21.9. The van der Waals surface area contributed by atoms with Crippen molar-refractivity contribution in [3.63, 3.8) is 0 Å². The highest BCUT2D eigenvalue weighted by Crippen LogP contribution is 2.39. The molecule has 1 aliphatic rings. The van der Waals surface area contributed by atoms with Gasteiger partial charge in [-0.2, -0.15) is 13.2 Å². The number of amides is 1. The number of halogens is 3. The highest BCUT2D eigenvalue weighted by Gasteiger charge is 2.34. The van der Waals surface area contributed by atoms with Gasteiger partial charge in [-0.1, -0.05) is 60.9 Å². The molecule has 3 rings (SSSR count). The Morgan fingerprint density at radius 3 is 2.80 bits per heavy atom. The largest absolute Gasteiger partial charge is 0.417 e. The Morgan fingerprint density at radius 2 is 2.13 bits per heavy atom. The van der Waals surface area contributed by atoms with Crippen molar-refractivity contribution < 1.29 is 18.0 Å². The number of rotatable bonds is 5. The van der Waals surface area contributed by atoms with E-state index in [0.29, 0.717) is 34.3 Å². The molecule has 2 aromatic rings. The molecule has 0 unspecified atom stereocenters. The maximum Gasteiger partial charge on any atom is 0.417 e. The van der Waals surface area contributed by atoms with Gasteiger partial charge in [-0.05, 0) is 30.2 Å². The minimum Gasteiger partial charge on any atom is -0.383 e. The van der Waals surface area contributed by atoms with Crippen molar-refractivity contribution in [3.8, 4) is 0 Å². The number of hydrogen-bond donors (Lipinski definition) is 2. The molecule has 3 N–H and O–H groups in total. The Bertz CT molecular complexity index is 1040. The van der Waals surface area contributed by atoms with Crippen LogP contribution in [0.1, 0.15) is 35.0 Å². The average Bonchev–Trinajstić information content (AvgIpc) is 3.10. The molecule has 0 atom stereocenters. The number of fused-ring (bicyclic) bond motifs is 1. The van der Waals surface area contributed by atoms with E-state index in [4.69, 9.17) is 5.73 Å².